The van der Waals surface area contributed by atoms with Crippen molar-refractivity contribution in [3.63, 3.8) is 0 Å². The number of rotatable bonds is 32. The molecule has 0 aromatic heterocycles. The average Bonchev–Trinajstić information content (AvgIpc) is 3.46. The topological polar surface area (TPSA) is 67.2 Å². The second-order valence-corrected chi connectivity index (χ2v) is 13.0. The van der Waals surface area contributed by atoms with Gasteiger partial charge in [-0.3, -0.25) is 0 Å². The van der Waals surface area contributed by atoms with Gasteiger partial charge in [0.1, 0.15) is 0 Å². The first-order valence-corrected chi connectivity index (χ1v) is 19.2. The summed E-state index contributed by atoms with van der Waals surface area (Å²) >= 11 is 0. The van der Waals surface area contributed by atoms with E-state index in [0.717, 1.165) is 38.5 Å². The van der Waals surface area contributed by atoms with Crippen LogP contribution in [0.15, 0.2) is 53.7 Å². The number of allylic oxidation sites excluding steroid dienone is 8. The molecule has 0 bridgehead atoms. The standard InChI is InChI=1S/C40H71N3O2/c1-3-5-7-9-11-13-15-17-19-21-23-25-27-29-31-33-35-40(44-38-39(45-40)37-42-43-41)36-34-32-30-28-26-24-22-20-18-16-14-12-10-8-6-4-2/h11-14,17-20,39H,3-10,15-16,21-38H2,1-2H3/b13-11-,14-12-,19-17-,20-18-/t39-/m0/s1. The largest absolute Gasteiger partial charge is 0.347 e. The highest BCUT2D eigenvalue weighted by Gasteiger charge is 2.40. The number of nitrogens with zero attached hydrogens (tertiary/aromatic N) is 3. The average molecular weight is 626 g/mol. The van der Waals surface area contributed by atoms with E-state index in [0.29, 0.717) is 13.2 Å². The molecule has 5 heteroatoms. The van der Waals surface area contributed by atoms with Gasteiger partial charge in [-0.25, -0.2) is 0 Å². The summed E-state index contributed by atoms with van der Waals surface area (Å²) in [5, 5.41) is 3.74. The fraction of sp³-hybridized carbons (Fsp3) is 0.800. The third-order valence-corrected chi connectivity index (χ3v) is 8.78. The number of hydrogen-bond acceptors (Lipinski definition) is 3. The van der Waals surface area contributed by atoms with E-state index in [-0.39, 0.29) is 6.10 Å². The van der Waals surface area contributed by atoms with Crippen molar-refractivity contribution >= 4 is 0 Å². The predicted octanol–water partition coefficient (Wildman–Crippen LogP) is 13.8. The van der Waals surface area contributed by atoms with E-state index in [9.17, 15) is 0 Å². The number of azide groups is 1. The molecule has 1 heterocycles. The summed E-state index contributed by atoms with van der Waals surface area (Å²) < 4.78 is 12.7. The van der Waals surface area contributed by atoms with Crippen LogP contribution in [-0.2, 0) is 9.47 Å². The number of hydrogen-bond donors (Lipinski definition) is 0. The minimum absolute atomic E-state index is 0.102. The van der Waals surface area contributed by atoms with Crippen molar-refractivity contribution in [1.29, 1.82) is 0 Å². The summed E-state index contributed by atoms with van der Waals surface area (Å²) in [5.74, 6) is -0.472. The van der Waals surface area contributed by atoms with Gasteiger partial charge >= 0.3 is 0 Å². The number of unbranched alkanes of at least 4 members (excludes halogenated alkanes) is 18. The molecule has 0 aliphatic carbocycles. The zero-order chi connectivity index (χ0) is 32.4. The maximum absolute atomic E-state index is 8.72. The zero-order valence-corrected chi connectivity index (χ0v) is 29.7. The third kappa shape index (κ3) is 26.0. The summed E-state index contributed by atoms with van der Waals surface area (Å²) in [6.45, 7) is 5.43. The van der Waals surface area contributed by atoms with E-state index in [2.05, 4.69) is 72.5 Å². The van der Waals surface area contributed by atoms with Crippen LogP contribution in [0.2, 0.25) is 0 Å². The zero-order valence-electron chi connectivity index (χ0n) is 29.7. The number of ether oxygens (including phenoxy) is 2. The molecule has 1 rings (SSSR count). The Hall–Kier alpha value is -1.81. The Kier molecular flexibility index (Phi) is 29.4. The summed E-state index contributed by atoms with van der Waals surface area (Å²) in [4.78, 5) is 2.92. The van der Waals surface area contributed by atoms with Gasteiger partial charge in [-0.2, -0.15) is 0 Å². The molecule has 1 saturated heterocycles. The molecule has 0 aromatic rings. The van der Waals surface area contributed by atoms with E-state index in [1.807, 2.05) is 0 Å². The Morgan fingerprint density at radius 1 is 0.578 bits per heavy atom. The molecule has 5 nitrogen and oxygen atoms in total. The Labute approximate surface area is 279 Å². The highest BCUT2D eigenvalue weighted by atomic mass is 16.7. The van der Waals surface area contributed by atoms with E-state index < -0.39 is 5.79 Å². The first-order chi connectivity index (χ1) is 22.3. The summed E-state index contributed by atoms with van der Waals surface area (Å²) in [6.07, 6.45) is 50.6. The molecule has 1 aliphatic rings. The quantitative estimate of drug-likeness (QED) is 0.0245. The van der Waals surface area contributed by atoms with Crippen LogP contribution in [0.3, 0.4) is 0 Å². The summed E-state index contributed by atoms with van der Waals surface area (Å²) in [5.41, 5.74) is 8.72. The lowest BCUT2D eigenvalue weighted by Crippen LogP contribution is -2.31. The van der Waals surface area contributed by atoms with E-state index in [1.165, 1.54) is 128 Å². The van der Waals surface area contributed by atoms with Gasteiger partial charge in [-0.05, 0) is 82.6 Å². The fourth-order valence-corrected chi connectivity index (χ4v) is 5.99. The van der Waals surface area contributed by atoms with Crippen LogP contribution in [0.4, 0.5) is 0 Å². The van der Waals surface area contributed by atoms with E-state index in [4.69, 9.17) is 15.0 Å². The van der Waals surface area contributed by atoms with Gasteiger partial charge in [-0.15, -0.1) is 0 Å². The van der Waals surface area contributed by atoms with Crippen LogP contribution in [0.1, 0.15) is 181 Å². The van der Waals surface area contributed by atoms with Crippen molar-refractivity contribution in [3.05, 3.63) is 59.1 Å². The second-order valence-electron chi connectivity index (χ2n) is 13.0. The lowest BCUT2D eigenvalue weighted by molar-refractivity contribution is -0.178. The third-order valence-electron chi connectivity index (χ3n) is 8.78. The Bertz CT molecular complexity index is 764. The first kappa shape index (κ1) is 41.2. The van der Waals surface area contributed by atoms with Crippen molar-refractivity contribution in [2.24, 2.45) is 5.11 Å². The highest BCUT2D eigenvalue weighted by Crippen LogP contribution is 2.35. The van der Waals surface area contributed by atoms with Gasteiger partial charge in [-0.1, -0.05) is 145 Å². The van der Waals surface area contributed by atoms with Crippen LogP contribution >= 0.6 is 0 Å². The summed E-state index contributed by atoms with van der Waals surface area (Å²) in [6, 6.07) is 0. The van der Waals surface area contributed by atoms with Gasteiger partial charge in [0.2, 0.25) is 0 Å². The molecule has 1 aliphatic heterocycles. The highest BCUT2D eigenvalue weighted by molar-refractivity contribution is 4.93. The van der Waals surface area contributed by atoms with Gasteiger partial charge in [0.15, 0.2) is 5.79 Å². The second kappa shape index (κ2) is 32.1. The van der Waals surface area contributed by atoms with Crippen LogP contribution < -0.4 is 0 Å². The lowest BCUT2D eigenvalue weighted by Gasteiger charge is -2.28. The first-order valence-electron chi connectivity index (χ1n) is 19.2. The Balaban J connectivity index is 2.13. The monoisotopic (exact) mass is 626 g/mol. The molecule has 0 aromatic carbocycles. The maximum atomic E-state index is 8.72. The van der Waals surface area contributed by atoms with Gasteiger partial charge in [0.05, 0.1) is 19.3 Å². The lowest BCUT2D eigenvalue weighted by atomic mass is 9.98. The van der Waals surface area contributed by atoms with Crippen molar-refractivity contribution in [2.45, 2.75) is 193 Å². The van der Waals surface area contributed by atoms with E-state index in [1.54, 1.807) is 0 Å². The van der Waals surface area contributed by atoms with Gasteiger partial charge < -0.3 is 9.47 Å². The van der Waals surface area contributed by atoms with E-state index >= 15 is 0 Å². The Morgan fingerprint density at radius 3 is 1.40 bits per heavy atom. The SMILES string of the molecule is CCCCC/C=C\C/C=C\CCCCCCCCC1(CCCCCCCC/C=C\C/C=C\CCCCC)OC[C@H](CN=[N+]=[N-])O1. The molecule has 0 unspecified atom stereocenters. The summed E-state index contributed by atoms with van der Waals surface area (Å²) in [7, 11) is 0. The normalized spacial score (nSPS) is 16.6. The van der Waals surface area contributed by atoms with Crippen molar-refractivity contribution in [2.75, 3.05) is 13.2 Å². The molecule has 0 spiro atoms. The molecule has 0 saturated carbocycles. The molecule has 1 atom stereocenters. The van der Waals surface area contributed by atoms with Crippen molar-refractivity contribution in [3.8, 4) is 0 Å². The van der Waals surface area contributed by atoms with Crippen LogP contribution in [0, 0.1) is 0 Å². The minimum atomic E-state index is -0.472. The maximum Gasteiger partial charge on any atom is 0.168 e. The molecular formula is C40H71N3O2. The van der Waals surface area contributed by atoms with Crippen molar-refractivity contribution < 1.29 is 9.47 Å². The van der Waals surface area contributed by atoms with Crippen LogP contribution in [0.5, 0.6) is 0 Å². The molecule has 0 N–H and O–H groups in total. The van der Waals surface area contributed by atoms with Gasteiger partial charge in [0, 0.05) is 17.8 Å². The van der Waals surface area contributed by atoms with Gasteiger partial charge in [0.25, 0.3) is 0 Å². The smallest absolute Gasteiger partial charge is 0.168 e. The van der Waals surface area contributed by atoms with Crippen molar-refractivity contribution in [1.82, 2.24) is 0 Å². The van der Waals surface area contributed by atoms with Crippen LogP contribution in [0.25, 0.3) is 10.4 Å². The Morgan fingerprint density at radius 2 is 0.978 bits per heavy atom. The molecule has 45 heavy (non-hydrogen) atoms. The minimum Gasteiger partial charge on any atom is -0.347 e. The molecule has 1 fully saturated rings. The van der Waals surface area contributed by atoms with Crippen LogP contribution in [-0.4, -0.2) is 25.0 Å². The molecule has 258 valence electrons. The predicted molar refractivity (Wildman–Crippen MR) is 196 cm³/mol. The molecule has 0 radical (unpaired) electrons. The molecule has 0 amide bonds. The molecular weight excluding hydrogens is 554 g/mol. The fourth-order valence-electron chi connectivity index (χ4n) is 5.99.